The highest BCUT2D eigenvalue weighted by Gasteiger charge is 2.46. The van der Waals surface area contributed by atoms with E-state index in [4.69, 9.17) is 10.1 Å². The first kappa shape index (κ1) is 26.7. The van der Waals surface area contributed by atoms with Gasteiger partial charge in [-0.3, -0.25) is 9.36 Å². The summed E-state index contributed by atoms with van der Waals surface area (Å²) in [4.78, 5) is 33.4. The highest BCUT2D eigenvalue weighted by atomic mass is 16.4. The number of fused-ring (bicyclic) bond motifs is 2. The Balaban J connectivity index is 1.34. The number of imidazole rings is 1. The van der Waals surface area contributed by atoms with E-state index in [1.54, 1.807) is 16.6 Å². The number of nitrogens with zero attached hydrogens (tertiary/aromatic N) is 8. The third kappa shape index (κ3) is 4.49. The van der Waals surface area contributed by atoms with E-state index in [0.717, 1.165) is 50.5 Å². The van der Waals surface area contributed by atoms with Crippen LogP contribution in [-0.4, -0.2) is 82.3 Å². The fourth-order valence-corrected chi connectivity index (χ4v) is 6.54. The lowest BCUT2D eigenvalue weighted by molar-refractivity contribution is 0.0513. The molecule has 0 aliphatic carbocycles. The van der Waals surface area contributed by atoms with Gasteiger partial charge in [-0.1, -0.05) is 36.4 Å². The number of benzene rings is 2. The molecule has 2 aliphatic heterocycles. The summed E-state index contributed by atoms with van der Waals surface area (Å²) >= 11 is 0. The summed E-state index contributed by atoms with van der Waals surface area (Å²) in [6.45, 7) is 1.92. The number of rotatable bonds is 5. The summed E-state index contributed by atoms with van der Waals surface area (Å²) in [5, 5.41) is 22.8. The van der Waals surface area contributed by atoms with Crippen LogP contribution in [0.15, 0.2) is 60.9 Å². The number of amides is 3. The van der Waals surface area contributed by atoms with Gasteiger partial charge in [0.25, 0.3) is 0 Å². The molecule has 5 heterocycles. The number of carbonyl (C=O) groups is 2. The molecular weight excluding hydrogens is 546 g/mol. The predicted molar refractivity (Wildman–Crippen MR) is 160 cm³/mol. The van der Waals surface area contributed by atoms with E-state index in [0.29, 0.717) is 32.6 Å². The van der Waals surface area contributed by atoms with Gasteiger partial charge >= 0.3 is 12.1 Å². The van der Waals surface area contributed by atoms with Gasteiger partial charge in [-0.25, -0.2) is 14.6 Å². The van der Waals surface area contributed by atoms with Crippen LogP contribution in [0.5, 0.6) is 0 Å². The van der Waals surface area contributed by atoms with Gasteiger partial charge in [0.15, 0.2) is 0 Å². The molecule has 220 valence electrons. The average Bonchev–Trinajstić information content (AvgIpc) is 3.70. The van der Waals surface area contributed by atoms with Crippen LogP contribution in [0.3, 0.4) is 0 Å². The molecule has 0 saturated carbocycles. The lowest BCUT2D eigenvalue weighted by Gasteiger charge is -2.46. The van der Waals surface area contributed by atoms with E-state index in [2.05, 4.69) is 33.2 Å². The first-order valence-electron chi connectivity index (χ1n) is 14.4. The molecule has 1 fully saturated rings. The summed E-state index contributed by atoms with van der Waals surface area (Å²) in [5.41, 5.74) is 6.52. The first-order valence-corrected chi connectivity index (χ1v) is 14.4. The molecule has 1 saturated heterocycles. The van der Waals surface area contributed by atoms with Crippen LogP contribution < -0.4 is 5.32 Å². The van der Waals surface area contributed by atoms with Crippen molar-refractivity contribution in [1.29, 1.82) is 0 Å². The molecular formula is C31H33N9O3. The normalized spacial score (nSPS) is 18.0. The van der Waals surface area contributed by atoms with Crippen molar-refractivity contribution in [3.63, 3.8) is 0 Å². The van der Waals surface area contributed by atoms with Crippen LogP contribution in [-0.2, 0) is 33.6 Å². The maximum atomic E-state index is 12.7. The Morgan fingerprint density at radius 2 is 1.86 bits per heavy atom. The second kappa shape index (κ2) is 10.3. The molecule has 2 N–H and O–H groups in total. The average molecular weight is 580 g/mol. The summed E-state index contributed by atoms with van der Waals surface area (Å²) in [5.74, 6) is 0.808. The molecule has 3 aromatic heterocycles. The predicted octanol–water partition coefficient (Wildman–Crippen LogP) is 3.68. The third-order valence-electron chi connectivity index (χ3n) is 8.76. The van der Waals surface area contributed by atoms with Crippen LogP contribution in [0, 0.1) is 0 Å². The van der Waals surface area contributed by atoms with Gasteiger partial charge in [0.05, 0.1) is 41.6 Å². The van der Waals surface area contributed by atoms with Crippen molar-refractivity contribution in [2.45, 2.75) is 31.5 Å². The molecule has 2 aromatic carbocycles. The van der Waals surface area contributed by atoms with Crippen molar-refractivity contribution in [1.82, 2.24) is 44.2 Å². The van der Waals surface area contributed by atoms with Crippen molar-refractivity contribution in [3.8, 4) is 22.5 Å². The summed E-state index contributed by atoms with van der Waals surface area (Å²) in [6.07, 6.45) is 3.45. The van der Waals surface area contributed by atoms with Crippen molar-refractivity contribution in [3.05, 3.63) is 78.0 Å². The smallest absolute Gasteiger partial charge is 0.407 e. The van der Waals surface area contributed by atoms with Crippen LogP contribution >= 0.6 is 0 Å². The standard InChI is InChI=1S/C31H33N9O3/c1-32-30(41)38-11-12-39-26(18-38)28(20-9-10-24-22(14-20)27(35-37(24)3)21-15-33-36(2)16-21)34-29(39)23-17-40(31(42)43)25(23)13-19-7-5-4-6-8-19/h4-10,14-16,23,25H,11-13,17-18H2,1-3H3,(H,32,41)(H,42,43). The molecule has 12 heteroatoms. The lowest BCUT2D eigenvalue weighted by Crippen LogP contribution is -2.58. The Kier molecular flexibility index (Phi) is 6.41. The van der Waals surface area contributed by atoms with E-state index < -0.39 is 6.09 Å². The van der Waals surface area contributed by atoms with Crippen LogP contribution in [0.1, 0.15) is 23.0 Å². The summed E-state index contributed by atoms with van der Waals surface area (Å²) < 4.78 is 5.84. The zero-order valence-electron chi connectivity index (χ0n) is 24.3. The largest absolute Gasteiger partial charge is 0.465 e. The van der Waals surface area contributed by atoms with E-state index >= 15 is 0 Å². The van der Waals surface area contributed by atoms with Crippen LogP contribution in [0.25, 0.3) is 33.4 Å². The number of hydrogen-bond donors (Lipinski definition) is 2. The monoisotopic (exact) mass is 579 g/mol. The van der Waals surface area contributed by atoms with Crippen molar-refractivity contribution in [2.75, 3.05) is 20.1 Å². The molecule has 43 heavy (non-hydrogen) atoms. The van der Waals surface area contributed by atoms with Crippen molar-refractivity contribution < 1.29 is 14.7 Å². The lowest BCUT2D eigenvalue weighted by atomic mass is 9.83. The first-order chi connectivity index (χ1) is 20.8. The minimum absolute atomic E-state index is 0.0663. The third-order valence-corrected chi connectivity index (χ3v) is 8.76. The Bertz CT molecular complexity index is 1850. The zero-order chi connectivity index (χ0) is 29.8. The van der Waals surface area contributed by atoms with Gasteiger partial charge in [-0.15, -0.1) is 0 Å². The van der Waals surface area contributed by atoms with E-state index in [-0.39, 0.29) is 18.0 Å². The van der Waals surface area contributed by atoms with Gasteiger partial charge in [-0.2, -0.15) is 10.2 Å². The van der Waals surface area contributed by atoms with Crippen LogP contribution in [0.4, 0.5) is 9.59 Å². The molecule has 3 amide bonds. The number of aryl methyl sites for hydroxylation is 2. The minimum Gasteiger partial charge on any atom is -0.465 e. The zero-order valence-corrected chi connectivity index (χ0v) is 24.3. The van der Waals surface area contributed by atoms with Gasteiger partial charge in [-0.05, 0) is 24.1 Å². The van der Waals surface area contributed by atoms with E-state index in [1.165, 1.54) is 4.90 Å². The maximum absolute atomic E-state index is 12.7. The Labute approximate surface area is 248 Å². The number of urea groups is 1. The van der Waals surface area contributed by atoms with Gasteiger partial charge in [0.2, 0.25) is 0 Å². The summed E-state index contributed by atoms with van der Waals surface area (Å²) in [7, 11) is 5.45. The second-order valence-corrected chi connectivity index (χ2v) is 11.3. The van der Waals surface area contributed by atoms with E-state index in [1.807, 2.05) is 61.5 Å². The molecule has 7 rings (SSSR count). The highest BCUT2D eigenvalue weighted by Crippen LogP contribution is 2.40. The number of likely N-dealkylation sites (tertiary alicyclic amines) is 1. The maximum Gasteiger partial charge on any atom is 0.407 e. The molecule has 0 bridgehead atoms. The quantitative estimate of drug-likeness (QED) is 0.327. The number of carbonyl (C=O) groups excluding carboxylic acids is 1. The minimum atomic E-state index is -0.918. The Hall–Kier alpha value is -5.13. The SMILES string of the molecule is CNC(=O)N1CCn2c(C3CN(C(=O)O)C3Cc3ccccc3)nc(-c3ccc4c(c3)c(-c3cnn(C)c3)nn4C)c2C1. The Morgan fingerprint density at radius 1 is 1.05 bits per heavy atom. The highest BCUT2D eigenvalue weighted by molar-refractivity contribution is 5.96. The van der Waals surface area contributed by atoms with Crippen molar-refractivity contribution >= 4 is 23.0 Å². The molecule has 2 atom stereocenters. The number of carboxylic acid groups (broad SMARTS) is 1. The number of nitrogens with one attached hydrogen (secondary N) is 1. The molecule has 0 radical (unpaired) electrons. The molecule has 2 unspecified atom stereocenters. The van der Waals surface area contributed by atoms with Gasteiger partial charge in [0, 0.05) is 63.5 Å². The number of hydrogen-bond acceptors (Lipinski definition) is 5. The molecule has 12 nitrogen and oxygen atoms in total. The summed E-state index contributed by atoms with van der Waals surface area (Å²) in [6, 6.07) is 15.8. The number of aromatic nitrogens is 6. The molecule has 5 aromatic rings. The van der Waals surface area contributed by atoms with Gasteiger partial charge < -0.3 is 24.8 Å². The van der Waals surface area contributed by atoms with Gasteiger partial charge in [0.1, 0.15) is 11.5 Å². The fraction of sp³-hybridized carbons (Fsp3) is 0.323. The molecule has 2 aliphatic rings. The molecule has 0 spiro atoms. The van der Waals surface area contributed by atoms with E-state index in [9.17, 15) is 14.7 Å². The van der Waals surface area contributed by atoms with Crippen molar-refractivity contribution in [2.24, 2.45) is 14.1 Å². The van der Waals surface area contributed by atoms with Crippen LogP contribution in [0.2, 0.25) is 0 Å². The Morgan fingerprint density at radius 3 is 2.58 bits per heavy atom. The topological polar surface area (TPSA) is 126 Å². The second-order valence-electron chi connectivity index (χ2n) is 11.3. The fourth-order valence-electron chi connectivity index (χ4n) is 6.54.